The maximum absolute atomic E-state index is 12.0. The lowest BCUT2D eigenvalue weighted by Gasteiger charge is -1.95. The molecular formula is C12H10N2O2. The number of nitrogens with zero attached hydrogens (tertiary/aromatic N) is 2. The molecule has 0 spiro atoms. The van der Waals surface area contributed by atoms with Crippen LogP contribution in [0, 0.1) is 0 Å². The van der Waals surface area contributed by atoms with Crippen molar-refractivity contribution in [2.75, 3.05) is 0 Å². The van der Waals surface area contributed by atoms with Gasteiger partial charge in [0.15, 0.2) is 0 Å². The SMILES string of the molecule is C=CCn1cnc(=O)c2ccccc2c1=O. The highest BCUT2D eigenvalue weighted by molar-refractivity contribution is 5.79. The van der Waals surface area contributed by atoms with Crippen LogP contribution in [-0.2, 0) is 6.54 Å². The lowest BCUT2D eigenvalue weighted by atomic mass is 10.2. The fourth-order valence-corrected chi connectivity index (χ4v) is 1.52. The van der Waals surface area contributed by atoms with Crippen molar-refractivity contribution < 1.29 is 0 Å². The Kier molecular flexibility index (Phi) is 2.64. The molecule has 0 aliphatic heterocycles. The second-order valence-electron chi connectivity index (χ2n) is 3.34. The van der Waals surface area contributed by atoms with E-state index in [0.29, 0.717) is 17.3 Å². The van der Waals surface area contributed by atoms with Gasteiger partial charge in [0.05, 0.1) is 10.8 Å². The van der Waals surface area contributed by atoms with Crippen LogP contribution in [-0.4, -0.2) is 9.55 Å². The zero-order valence-corrected chi connectivity index (χ0v) is 8.59. The number of fused-ring (bicyclic) bond motifs is 1. The van der Waals surface area contributed by atoms with E-state index in [0.717, 1.165) is 0 Å². The first kappa shape index (κ1) is 10.3. The molecule has 0 unspecified atom stereocenters. The Morgan fingerprint density at radius 2 is 1.94 bits per heavy atom. The van der Waals surface area contributed by atoms with Gasteiger partial charge in [0.2, 0.25) is 0 Å². The summed E-state index contributed by atoms with van der Waals surface area (Å²) in [5, 5.41) is 0.724. The van der Waals surface area contributed by atoms with Crippen LogP contribution in [0.1, 0.15) is 0 Å². The second kappa shape index (κ2) is 4.10. The molecule has 0 aliphatic carbocycles. The van der Waals surface area contributed by atoms with E-state index in [1.807, 2.05) is 0 Å². The van der Waals surface area contributed by atoms with E-state index in [4.69, 9.17) is 0 Å². The Morgan fingerprint density at radius 1 is 1.25 bits per heavy atom. The summed E-state index contributed by atoms with van der Waals surface area (Å²) in [5.74, 6) is 0. The van der Waals surface area contributed by atoms with Gasteiger partial charge in [-0.2, -0.15) is 4.98 Å². The van der Waals surface area contributed by atoms with Crippen LogP contribution in [0.2, 0.25) is 0 Å². The van der Waals surface area contributed by atoms with Crippen LogP contribution in [0.25, 0.3) is 10.8 Å². The molecule has 16 heavy (non-hydrogen) atoms. The fourth-order valence-electron chi connectivity index (χ4n) is 1.52. The molecule has 0 bridgehead atoms. The highest BCUT2D eigenvalue weighted by atomic mass is 16.1. The molecule has 1 heterocycles. The zero-order valence-electron chi connectivity index (χ0n) is 8.59. The molecular weight excluding hydrogens is 204 g/mol. The van der Waals surface area contributed by atoms with Gasteiger partial charge in [-0.1, -0.05) is 18.2 Å². The van der Waals surface area contributed by atoms with Gasteiger partial charge in [0, 0.05) is 6.54 Å². The van der Waals surface area contributed by atoms with Gasteiger partial charge in [-0.15, -0.1) is 6.58 Å². The van der Waals surface area contributed by atoms with Crippen LogP contribution < -0.4 is 11.1 Å². The van der Waals surface area contributed by atoms with Crippen molar-refractivity contribution in [2.24, 2.45) is 0 Å². The summed E-state index contributed by atoms with van der Waals surface area (Å²) in [6.45, 7) is 3.89. The van der Waals surface area contributed by atoms with E-state index in [1.165, 1.54) is 10.9 Å². The van der Waals surface area contributed by atoms with Crippen molar-refractivity contribution in [1.82, 2.24) is 9.55 Å². The van der Waals surface area contributed by atoms with Gasteiger partial charge in [0.1, 0.15) is 6.33 Å². The molecule has 1 aromatic heterocycles. The first-order valence-electron chi connectivity index (χ1n) is 4.83. The fraction of sp³-hybridized carbons (Fsp3) is 0.0833. The average molecular weight is 214 g/mol. The van der Waals surface area contributed by atoms with E-state index < -0.39 is 5.56 Å². The first-order chi connectivity index (χ1) is 7.74. The Bertz CT molecular complexity index is 659. The van der Waals surface area contributed by atoms with E-state index in [9.17, 15) is 9.59 Å². The third kappa shape index (κ3) is 1.65. The van der Waals surface area contributed by atoms with E-state index in [-0.39, 0.29) is 5.56 Å². The molecule has 80 valence electrons. The minimum absolute atomic E-state index is 0.231. The highest BCUT2D eigenvalue weighted by Gasteiger charge is 2.02. The van der Waals surface area contributed by atoms with Crippen LogP contribution in [0.3, 0.4) is 0 Å². The van der Waals surface area contributed by atoms with Crippen LogP contribution >= 0.6 is 0 Å². The standard InChI is InChI=1S/C12H10N2O2/c1-2-7-14-8-13-11(15)9-5-3-4-6-10(9)12(14)16/h2-6,8H,1,7H2. The molecule has 0 radical (unpaired) electrons. The van der Waals surface area contributed by atoms with Crippen molar-refractivity contribution >= 4 is 10.8 Å². The molecule has 0 aliphatic rings. The Morgan fingerprint density at radius 3 is 2.62 bits per heavy atom. The summed E-state index contributed by atoms with van der Waals surface area (Å²) in [7, 11) is 0. The van der Waals surface area contributed by atoms with E-state index in [1.54, 1.807) is 30.3 Å². The Labute approximate surface area is 91.5 Å². The predicted molar refractivity (Wildman–Crippen MR) is 62.5 cm³/mol. The molecule has 0 atom stereocenters. The van der Waals surface area contributed by atoms with Crippen molar-refractivity contribution in [3.63, 3.8) is 0 Å². The lowest BCUT2D eigenvalue weighted by Crippen LogP contribution is -2.16. The number of aromatic nitrogens is 2. The van der Waals surface area contributed by atoms with Gasteiger partial charge >= 0.3 is 0 Å². The number of rotatable bonds is 2. The van der Waals surface area contributed by atoms with Gasteiger partial charge in [-0.25, -0.2) is 0 Å². The smallest absolute Gasteiger partial charge is 0.279 e. The average Bonchev–Trinajstić information content (AvgIpc) is 2.43. The maximum atomic E-state index is 12.0. The molecule has 0 N–H and O–H groups in total. The Balaban J connectivity index is 2.98. The lowest BCUT2D eigenvalue weighted by molar-refractivity contribution is 0.772. The van der Waals surface area contributed by atoms with Crippen LogP contribution in [0.15, 0.2) is 52.8 Å². The van der Waals surface area contributed by atoms with Crippen molar-refractivity contribution in [1.29, 1.82) is 0 Å². The molecule has 0 fully saturated rings. The van der Waals surface area contributed by atoms with E-state index >= 15 is 0 Å². The molecule has 2 aromatic rings. The molecule has 0 saturated heterocycles. The topological polar surface area (TPSA) is 52.0 Å². The molecule has 1 aromatic carbocycles. The third-order valence-corrected chi connectivity index (χ3v) is 2.29. The Hall–Kier alpha value is -2.23. The van der Waals surface area contributed by atoms with E-state index in [2.05, 4.69) is 11.6 Å². The van der Waals surface area contributed by atoms with Gasteiger partial charge in [-0.05, 0) is 12.1 Å². The summed E-state index contributed by atoms with van der Waals surface area (Å²) in [4.78, 5) is 27.3. The normalized spacial score (nSPS) is 10.2. The third-order valence-electron chi connectivity index (χ3n) is 2.29. The minimum Gasteiger partial charge on any atom is -0.295 e. The molecule has 0 saturated carbocycles. The maximum Gasteiger partial charge on any atom is 0.279 e. The first-order valence-corrected chi connectivity index (χ1v) is 4.83. The summed E-state index contributed by atoms with van der Waals surface area (Å²) in [5.41, 5.74) is -0.624. The van der Waals surface area contributed by atoms with Crippen LogP contribution in [0.4, 0.5) is 0 Å². The summed E-state index contributed by atoms with van der Waals surface area (Å²) < 4.78 is 1.36. The minimum atomic E-state index is -0.393. The monoisotopic (exact) mass is 214 g/mol. The predicted octanol–water partition coefficient (Wildman–Crippen LogP) is 0.943. The quantitative estimate of drug-likeness (QED) is 0.699. The molecule has 4 nitrogen and oxygen atoms in total. The number of allylic oxidation sites excluding steroid dienone is 1. The largest absolute Gasteiger partial charge is 0.295 e. The number of benzene rings is 1. The zero-order chi connectivity index (χ0) is 11.5. The summed E-state index contributed by atoms with van der Waals surface area (Å²) in [6, 6.07) is 6.66. The van der Waals surface area contributed by atoms with Gasteiger partial charge in [-0.3, -0.25) is 14.2 Å². The van der Waals surface area contributed by atoms with Crippen molar-refractivity contribution in [2.45, 2.75) is 6.54 Å². The summed E-state index contributed by atoms with van der Waals surface area (Å²) in [6.07, 6.45) is 2.84. The molecule has 2 rings (SSSR count). The van der Waals surface area contributed by atoms with Crippen LogP contribution in [0.5, 0.6) is 0 Å². The van der Waals surface area contributed by atoms with Crippen molar-refractivity contribution in [3.8, 4) is 0 Å². The number of hydrogen-bond acceptors (Lipinski definition) is 3. The van der Waals surface area contributed by atoms with Gasteiger partial charge < -0.3 is 0 Å². The second-order valence-corrected chi connectivity index (χ2v) is 3.34. The highest BCUT2D eigenvalue weighted by Crippen LogP contribution is 2.01. The molecule has 0 amide bonds. The molecule has 4 heteroatoms. The number of hydrogen-bond donors (Lipinski definition) is 0. The van der Waals surface area contributed by atoms with Crippen molar-refractivity contribution in [3.05, 3.63) is 64.0 Å². The van der Waals surface area contributed by atoms with Gasteiger partial charge in [0.25, 0.3) is 11.1 Å². The summed E-state index contributed by atoms with van der Waals surface area (Å²) >= 11 is 0.